The molecular weight excluding hydrogens is 581 g/mol. The minimum absolute atomic E-state index is 0.0458. The number of carboxylic acid groups (broad SMARTS) is 5. The van der Waals surface area contributed by atoms with E-state index in [0.29, 0.717) is 5.56 Å². The summed E-state index contributed by atoms with van der Waals surface area (Å²) < 4.78 is 0.950. The Labute approximate surface area is 214 Å². The predicted molar refractivity (Wildman–Crippen MR) is 129 cm³/mol. The monoisotopic (exact) mass is 609 g/mol. The van der Waals surface area contributed by atoms with Gasteiger partial charge in [0.15, 0.2) is 0 Å². The second kappa shape index (κ2) is 15.2. The number of hydrogen-bond acceptors (Lipinski definition) is 8. The number of nitrogens with zero attached hydrogens (tertiary/aromatic N) is 3. The minimum Gasteiger partial charge on any atom is -0.480 e. The fourth-order valence-corrected chi connectivity index (χ4v) is 3.73. The maximum atomic E-state index is 12.2. The molecule has 1 aromatic carbocycles. The molecule has 0 saturated carbocycles. The zero-order valence-corrected chi connectivity index (χ0v) is 20.9. The summed E-state index contributed by atoms with van der Waals surface area (Å²) in [6.07, 6.45) is 0.0714. The van der Waals surface area contributed by atoms with Crippen LogP contribution in [0.4, 0.5) is 0 Å². The van der Waals surface area contributed by atoms with Crippen molar-refractivity contribution in [1.82, 2.24) is 14.7 Å². The first-order valence-electron chi connectivity index (χ1n) is 10.4. The SMILES string of the molecule is O=C(O)CN(CCN(CCN(CC(=O)O)CC(=O)O)[C@@H](Cc1ccc(I)cc1)C(=O)O)CC(=O)O. The average molecular weight is 609 g/mol. The first-order valence-corrected chi connectivity index (χ1v) is 11.5. The van der Waals surface area contributed by atoms with Crippen molar-refractivity contribution in [2.75, 3.05) is 52.4 Å². The zero-order chi connectivity index (χ0) is 26.5. The Morgan fingerprint density at radius 2 is 1.03 bits per heavy atom. The molecule has 0 heterocycles. The van der Waals surface area contributed by atoms with Crippen LogP contribution < -0.4 is 0 Å². The third kappa shape index (κ3) is 13.0. The molecule has 0 fully saturated rings. The molecule has 5 N–H and O–H groups in total. The molecule has 13 nitrogen and oxygen atoms in total. The lowest BCUT2D eigenvalue weighted by Gasteiger charge is -2.32. The summed E-state index contributed by atoms with van der Waals surface area (Å²) in [7, 11) is 0. The van der Waals surface area contributed by atoms with Gasteiger partial charge in [-0.3, -0.25) is 38.7 Å². The van der Waals surface area contributed by atoms with Crippen LogP contribution in [0.25, 0.3) is 0 Å². The Morgan fingerprint density at radius 3 is 1.34 bits per heavy atom. The lowest BCUT2D eigenvalue weighted by Crippen LogP contribution is -2.50. The number of aliphatic carboxylic acids is 5. The number of halogens is 1. The lowest BCUT2D eigenvalue weighted by atomic mass is 10.0. The summed E-state index contributed by atoms with van der Waals surface area (Å²) >= 11 is 2.11. The quantitative estimate of drug-likeness (QED) is 0.134. The smallest absolute Gasteiger partial charge is 0.321 e. The molecule has 35 heavy (non-hydrogen) atoms. The molecule has 0 bridgehead atoms. The van der Waals surface area contributed by atoms with Crippen LogP contribution in [0, 0.1) is 3.57 Å². The second-order valence-electron chi connectivity index (χ2n) is 7.72. The highest BCUT2D eigenvalue weighted by molar-refractivity contribution is 14.1. The van der Waals surface area contributed by atoms with Crippen molar-refractivity contribution in [3.8, 4) is 0 Å². The maximum Gasteiger partial charge on any atom is 0.321 e. The highest BCUT2D eigenvalue weighted by Gasteiger charge is 2.28. The van der Waals surface area contributed by atoms with Gasteiger partial charge < -0.3 is 25.5 Å². The highest BCUT2D eigenvalue weighted by atomic mass is 127. The minimum atomic E-state index is -1.25. The molecule has 0 radical (unpaired) electrons. The molecule has 0 unspecified atom stereocenters. The molecule has 194 valence electrons. The molecule has 0 saturated heterocycles. The Hall–Kier alpha value is -2.82. The van der Waals surface area contributed by atoms with Crippen LogP contribution in [0.15, 0.2) is 24.3 Å². The largest absolute Gasteiger partial charge is 0.480 e. The molecular formula is C21H28IN3O10. The van der Waals surface area contributed by atoms with Gasteiger partial charge in [-0.05, 0) is 46.7 Å². The standard InChI is InChI=1S/C21H28IN3O10/c22-15-3-1-14(2-4-15)9-16(21(34)35)25(7-5-23(10-17(26)27)11-18(28)29)8-6-24(12-19(30)31)13-20(32)33/h1-4,16H,5-13H2,(H,26,27)(H,28,29)(H,30,31)(H,32,33)(H,34,35)/t16-/m0/s1. The second-order valence-corrected chi connectivity index (χ2v) is 8.96. The lowest BCUT2D eigenvalue weighted by molar-refractivity contribution is -0.146. The number of carbonyl (C=O) groups is 5. The van der Waals surface area contributed by atoms with Crippen LogP contribution in [0.1, 0.15) is 5.56 Å². The van der Waals surface area contributed by atoms with E-state index in [2.05, 4.69) is 22.6 Å². The fourth-order valence-electron chi connectivity index (χ4n) is 3.37. The van der Waals surface area contributed by atoms with Crippen LogP contribution in [-0.4, -0.2) is 128 Å². The van der Waals surface area contributed by atoms with Crippen molar-refractivity contribution in [1.29, 1.82) is 0 Å². The van der Waals surface area contributed by atoms with Crippen molar-refractivity contribution in [2.45, 2.75) is 12.5 Å². The van der Waals surface area contributed by atoms with Crippen LogP contribution in [-0.2, 0) is 30.4 Å². The molecule has 0 aliphatic heterocycles. The number of rotatable bonds is 18. The Kier molecular flexibility index (Phi) is 13.1. The van der Waals surface area contributed by atoms with Gasteiger partial charge >= 0.3 is 29.8 Å². The molecule has 1 atom stereocenters. The third-order valence-corrected chi connectivity index (χ3v) is 5.63. The third-order valence-electron chi connectivity index (χ3n) is 4.91. The Morgan fingerprint density at radius 1 is 0.657 bits per heavy atom. The molecule has 1 rings (SSSR count). The summed E-state index contributed by atoms with van der Waals surface area (Å²) in [4.78, 5) is 60.3. The maximum absolute atomic E-state index is 12.2. The van der Waals surface area contributed by atoms with Gasteiger partial charge in [-0.2, -0.15) is 0 Å². The van der Waals surface area contributed by atoms with E-state index >= 15 is 0 Å². The van der Waals surface area contributed by atoms with Crippen LogP contribution in [0.3, 0.4) is 0 Å². The number of benzene rings is 1. The summed E-state index contributed by atoms with van der Waals surface area (Å²) in [5.41, 5.74) is 0.712. The van der Waals surface area contributed by atoms with E-state index in [1.807, 2.05) is 12.1 Å². The Balaban J connectivity index is 3.13. The van der Waals surface area contributed by atoms with Gasteiger partial charge in [0.1, 0.15) is 6.04 Å². The van der Waals surface area contributed by atoms with Crippen LogP contribution in [0.2, 0.25) is 0 Å². The highest BCUT2D eigenvalue weighted by Crippen LogP contribution is 2.13. The first kappa shape index (κ1) is 30.2. The van der Waals surface area contributed by atoms with Crippen molar-refractivity contribution >= 4 is 52.4 Å². The van der Waals surface area contributed by atoms with Gasteiger partial charge in [0.05, 0.1) is 26.2 Å². The summed E-state index contributed by atoms with van der Waals surface area (Å²) in [5, 5.41) is 46.2. The summed E-state index contributed by atoms with van der Waals surface area (Å²) in [5.74, 6) is -6.18. The van der Waals surface area contributed by atoms with Crippen molar-refractivity contribution in [3.63, 3.8) is 0 Å². The molecule has 0 aromatic heterocycles. The Bertz CT molecular complexity index is 824. The molecule has 0 aliphatic rings. The van der Waals surface area contributed by atoms with Gasteiger partial charge in [-0.25, -0.2) is 0 Å². The van der Waals surface area contributed by atoms with Crippen LogP contribution in [0.5, 0.6) is 0 Å². The molecule has 1 aromatic rings. The van der Waals surface area contributed by atoms with E-state index in [1.54, 1.807) is 12.1 Å². The predicted octanol–water partition coefficient (Wildman–Crippen LogP) is -0.469. The normalized spacial score (nSPS) is 12.1. The fraction of sp³-hybridized carbons (Fsp3) is 0.476. The van der Waals surface area contributed by atoms with Gasteiger partial charge in [-0.15, -0.1) is 0 Å². The summed E-state index contributed by atoms with van der Waals surface area (Å²) in [6, 6.07) is 6.03. The van der Waals surface area contributed by atoms with Gasteiger partial charge in [0.2, 0.25) is 0 Å². The van der Waals surface area contributed by atoms with E-state index in [9.17, 15) is 29.1 Å². The molecule has 14 heteroatoms. The molecule has 0 aliphatic carbocycles. The van der Waals surface area contributed by atoms with Crippen molar-refractivity contribution in [2.24, 2.45) is 0 Å². The van der Waals surface area contributed by atoms with Crippen molar-refractivity contribution in [3.05, 3.63) is 33.4 Å². The van der Waals surface area contributed by atoms with E-state index in [1.165, 1.54) is 4.90 Å². The van der Waals surface area contributed by atoms with E-state index in [0.717, 1.165) is 13.4 Å². The zero-order valence-electron chi connectivity index (χ0n) is 18.7. The molecule has 0 spiro atoms. The van der Waals surface area contributed by atoms with Gasteiger partial charge in [0, 0.05) is 29.7 Å². The van der Waals surface area contributed by atoms with Gasteiger partial charge in [-0.1, -0.05) is 12.1 Å². The van der Waals surface area contributed by atoms with E-state index < -0.39 is 62.1 Å². The van der Waals surface area contributed by atoms with E-state index in [-0.39, 0.29) is 32.6 Å². The first-order chi connectivity index (χ1) is 16.4. The van der Waals surface area contributed by atoms with Crippen molar-refractivity contribution < 1.29 is 49.5 Å². The number of carboxylic acids is 5. The van der Waals surface area contributed by atoms with Crippen LogP contribution >= 0.6 is 22.6 Å². The molecule has 0 amide bonds. The van der Waals surface area contributed by atoms with E-state index in [4.69, 9.17) is 20.4 Å². The summed E-state index contributed by atoms with van der Waals surface area (Å²) in [6.45, 7) is -2.55. The van der Waals surface area contributed by atoms with Gasteiger partial charge in [0.25, 0.3) is 0 Å². The number of hydrogen-bond donors (Lipinski definition) is 5. The average Bonchev–Trinajstić information content (AvgIpc) is 2.71. The topological polar surface area (TPSA) is 196 Å².